The summed E-state index contributed by atoms with van der Waals surface area (Å²) in [6.45, 7) is 5.29. The molecule has 1 aromatic heterocycles. The van der Waals surface area contributed by atoms with Crippen LogP contribution in [0, 0.1) is 12.8 Å². The van der Waals surface area contributed by atoms with E-state index in [0.717, 1.165) is 5.56 Å². The molecule has 0 spiro atoms. The van der Waals surface area contributed by atoms with E-state index >= 15 is 0 Å². The smallest absolute Gasteiger partial charge is 0.326 e. The van der Waals surface area contributed by atoms with Crippen molar-refractivity contribution in [3.05, 3.63) is 64.1 Å². The number of amides is 2. The fourth-order valence-corrected chi connectivity index (χ4v) is 2.71. The molecule has 2 unspecified atom stereocenters. The molecular weight excluding hydrogens is 374 g/mol. The lowest BCUT2D eigenvalue weighted by atomic mass is 9.99. The molecule has 1 aromatic carbocycles. The first kappa shape index (κ1) is 21.9. The SMILES string of the molecule is CCC(C)C(NC(=O)c1ccc(NC(=O)Cn2ccc(C)cc2=O)cc1)C(=O)O. The average molecular weight is 399 g/mol. The quantitative estimate of drug-likeness (QED) is 0.628. The molecule has 0 radical (unpaired) electrons. The summed E-state index contributed by atoms with van der Waals surface area (Å²) in [6, 6.07) is 8.31. The van der Waals surface area contributed by atoms with Gasteiger partial charge in [0.2, 0.25) is 5.91 Å². The van der Waals surface area contributed by atoms with Crippen LogP contribution in [0.2, 0.25) is 0 Å². The maximum atomic E-state index is 12.3. The number of nitrogens with zero attached hydrogens (tertiary/aromatic N) is 1. The largest absolute Gasteiger partial charge is 0.480 e. The zero-order chi connectivity index (χ0) is 21.6. The van der Waals surface area contributed by atoms with Crippen LogP contribution in [-0.2, 0) is 16.1 Å². The number of pyridine rings is 1. The Morgan fingerprint density at radius 2 is 1.79 bits per heavy atom. The zero-order valence-electron chi connectivity index (χ0n) is 16.6. The second kappa shape index (κ2) is 9.68. The molecule has 0 aliphatic rings. The highest BCUT2D eigenvalue weighted by atomic mass is 16.4. The van der Waals surface area contributed by atoms with Crippen molar-refractivity contribution < 1.29 is 19.5 Å². The normalized spacial score (nSPS) is 12.7. The van der Waals surface area contributed by atoms with Gasteiger partial charge in [0.1, 0.15) is 12.6 Å². The molecule has 0 aliphatic heterocycles. The Kier molecular flexibility index (Phi) is 7.30. The molecular formula is C21H25N3O5. The number of carboxylic acids is 1. The number of aliphatic carboxylic acids is 1. The predicted octanol–water partition coefficient (Wildman–Crippen LogP) is 2.02. The molecule has 29 heavy (non-hydrogen) atoms. The van der Waals surface area contributed by atoms with Gasteiger partial charge < -0.3 is 20.3 Å². The number of anilines is 1. The summed E-state index contributed by atoms with van der Waals surface area (Å²) in [7, 11) is 0. The topological polar surface area (TPSA) is 118 Å². The Hall–Kier alpha value is -3.42. The van der Waals surface area contributed by atoms with E-state index in [1.807, 2.05) is 6.92 Å². The van der Waals surface area contributed by atoms with Gasteiger partial charge in [-0.3, -0.25) is 14.4 Å². The van der Waals surface area contributed by atoms with Crippen LogP contribution in [0.3, 0.4) is 0 Å². The van der Waals surface area contributed by atoms with Gasteiger partial charge in [0, 0.05) is 23.5 Å². The third-order valence-corrected chi connectivity index (χ3v) is 4.66. The molecule has 0 fully saturated rings. The zero-order valence-corrected chi connectivity index (χ0v) is 16.6. The number of nitrogens with one attached hydrogen (secondary N) is 2. The Morgan fingerprint density at radius 3 is 2.34 bits per heavy atom. The highest BCUT2D eigenvalue weighted by Gasteiger charge is 2.25. The third kappa shape index (κ3) is 6.03. The summed E-state index contributed by atoms with van der Waals surface area (Å²) in [4.78, 5) is 47.7. The number of hydrogen-bond acceptors (Lipinski definition) is 4. The minimum atomic E-state index is -1.08. The van der Waals surface area contributed by atoms with Gasteiger partial charge in [0.05, 0.1) is 0 Å². The monoisotopic (exact) mass is 399 g/mol. The van der Waals surface area contributed by atoms with Crippen molar-refractivity contribution in [2.24, 2.45) is 5.92 Å². The van der Waals surface area contributed by atoms with E-state index in [0.29, 0.717) is 12.1 Å². The summed E-state index contributed by atoms with van der Waals surface area (Å²) in [6.07, 6.45) is 2.17. The number of rotatable bonds is 8. The molecule has 8 heteroatoms. The predicted molar refractivity (Wildman–Crippen MR) is 109 cm³/mol. The van der Waals surface area contributed by atoms with Crippen molar-refractivity contribution in [2.75, 3.05) is 5.32 Å². The molecule has 2 rings (SSSR count). The molecule has 2 amide bonds. The fourth-order valence-electron chi connectivity index (χ4n) is 2.71. The number of hydrogen-bond donors (Lipinski definition) is 3. The molecule has 1 heterocycles. The number of benzene rings is 1. The third-order valence-electron chi connectivity index (χ3n) is 4.66. The standard InChI is InChI=1S/C21H25N3O5/c1-4-14(3)19(21(28)29)23-20(27)15-5-7-16(8-6-15)22-17(25)12-24-10-9-13(2)11-18(24)26/h5-11,14,19H,4,12H2,1-3H3,(H,22,25)(H,23,27)(H,28,29). The molecule has 3 N–H and O–H groups in total. The number of aryl methyl sites for hydroxylation is 1. The summed E-state index contributed by atoms with van der Waals surface area (Å²) >= 11 is 0. The lowest BCUT2D eigenvalue weighted by molar-refractivity contribution is -0.140. The first-order chi connectivity index (χ1) is 13.7. The lowest BCUT2D eigenvalue weighted by Crippen LogP contribution is -2.45. The number of carboxylic acid groups (broad SMARTS) is 1. The van der Waals surface area contributed by atoms with E-state index in [1.165, 1.54) is 22.8 Å². The first-order valence-electron chi connectivity index (χ1n) is 9.32. The average Bonchev–Trinajstić information content (AvgIpc) is 2.67. The van der Waals surface area contributed by atoms with Crippen molar-refractivity contribution in [2.45, 2.75) is 39.8 Å². The van der Waals surface area contributed by atoms with Crippen LogP contribution < -0.4 is 16.2 Å². The lowest BCUT2D eigenvalue weighted by Gasteiger charge is -2.20. The summed E-state index contributed by atoms with van der Waals surface area (Å²) in [5, 5.41) is 14.5. The Bertz CT molecular complexity index is 950. The van der Waals surface area contributed by atoms with Crippen molar-refractivity contribution >= 4 is 23.5 Å². The first-order valence-corrected chi connectivity index (χ1v) is 9.32. The molecule has 2 aromatic rings. The van der Waals surface area contributed by atoms with Gasteiger partial charge in [-0.05, 0) is 48.7 Å². The summed E-state index contributed by atoms with van der Waals surface area (Å²) in [5.41, 5.74) is 1.30. The van der Waals surface area contributed by atoms with E-state index in [-0.39, 0.29) is 29.5 Å². The second-order valence-corrected chi connectivity index (χ2v) is 6.97. The highest BCUT2D eigenvalue weighted by Crippen LogP contribution is 2.12. The van der Waals surface area contributed by atoms with Gasteiger partial charge in [0.25, 0.3) is 11.5 Å². The summed E-state index contributed by atoms with van der Waals surface area (Å²) in [5.74, 6) is -2.17. The van der Waals surface area contributed by atoms with Crippen molar-refractivity contribution in [1.82, 2.24) is 9.88 Å². The van der Waals surface area contributed by atoms with Crippen LogP contribution >= 0.6 is 0 Å². The second-order valence-electron chi connectivity index (χ2n) is 6.97. The molecule has 8 nitrogen and oxygen atoms in total. The van der Waals surface area contributed by atoms with E-state index in [9.17, 15) is 24.3 Å². The van der Waals surface area contributed by atoms with E-state index in [1.54, 1.807) is 38.2 Å². The van der Waals surface area contributed by atoms with Crippen LogP contribution in [-0.4, -0.2) is 33.5 Å². The van der Waals surface area contributed by atoms with Gasteiger partial charge in [-0.2, -0.15) is 0 Å². The van der Waals surface area contributed by atoms with Crippen molar-refractivity contribution in [1.29, 1.82) is 0 Å². The fraction of sp³-hybridized carbons (Fsp3) is 0.333. The van der Waals surface area contributed by atoms with Gasteiger partial charge in [-0.15, -0.1) is 0 Å². The van der Waals surface area contributed by atoms with Crippen LogP contribution in [0.15, 0.2) is 47.4 Å². The molecule has 0 aliphatic carbocycles. The Balaban J connectivity index is 2.00. The Morgan fingerprint density at radius 1 is 1.14 bits per heavy atom. The van der Waals surface area contributed by atoms with Crippen LogP contribution in [0.5, 0.6) is 0 Å². The maximum Gasteiger partial charge on any atom is 0.326 e. The van der Waals surface area contributed by atoms with Crippen LogP contribution in [0.4, 0.5) is 5.69 Å². The minimum absolute atomic E-state index is 0.128. The van der Waals surface area contributed by atoms with E-state index < -0.39 is 17.9 Å². The highest BCUT2D eigenvalue weighted by molar-refractivity contribution is 5.97. The molecule has 154 valence electrons. The maximum absolute atomic E-state index is 12.3. The molecule has 0 saturated carbocycles. The Labute approximate surface area is 168 Å². The minimum Gasteiger partial charge on any atom is -0.480 e. The van der Waals surface area contributed by atoms with Gasteiger partial charge in [-0.25, -0.2) is 4.79 Å². The van der Waals surface area contributed by atoms with Gasteiger partial charge >= 0.3 is 5.97 Å². The van der Waals surface area contributed by atoms with Gasteiger partial charge in [0.15, 0.2) is 0 Å². The van der Waals surface area contributed by atoms with Crippen LogP contribution in [0.25, 0.3) is 0 Å². The number of aromatic nitrogens is 1. The van der Waals surface area contributed by atoms with Crippen LogP contribution in [0.1, 0.15) is 36.2 Å². The van der Waals surface area contributed by atoms with Crippen molar-refractivity contribution in [3.63, 3.8) is 0 Å². The summed E-state index contributed by atoms with van der Waals surface area (Å²) < 4.78 is 1.30. The molecule has 2 atom stereocenters. The van der Waals surface area contributed by atoms with E-state index in [2.05, 4.69) is 10.6 Å². The number of carbonyl (C=O) groups excluding carboxylic acids is 2. The number of carbonyl (C=O) groups is 3. The van der Waals surface area contributed by atoms with Gasteiger partial charge in [-0.1, -0.05) is 20.3 Å². The molecule has 0 bridgehead atoms. The van der Waals surface area contributed by atoms with E-state index in [4.69, 9.17) is 0 Å². The molecule has 0 saturated heterocycles. The van der Waals surface area contributed by atoms with Crippen molar-refractivity contribution in [3.8, 4) is 0 Å².